The standard InChI is InChI=1S/C24H18F2N2O6S/c1-24(2,13-9-12(25)5-7-17(13)34-3)20(29)11-4-6-14(26)16(8-11)28-21(30)18-15(27-23(28)33)10-35-19(18)22(31)32/h4-10H,1-3H3,(H,27,33)(H,31,32). The number of fused-ring (bicyclic) bond motifs is 1. The maximum absolute atomic E-state index is 14.8. The molecule has 8 nitrogen and oxygen atoms in total. The first-order chi connectivity index (χ1) is 16.5. The number of carboxylic acid groups (broad SMARTS) is 1. The number of carbonyl (C=O) groups excluding carboxylic acids is 1. The van der Waals surface area contributed by atoms with Gasteiger partial charge in [-0.25, -0.2) is 22.9 Å². The van der Waals surface area contributed by atoms with Gasteiger partial charge >= 0.3 is 11.7 Å². The summed E-state index contributed by atoms with van der Waals surface area (Å²) in [6.45, 7) is 3.07. The Morgan fingerprint density at radius 2 is 1.83 bits per heavy atom. The maximum Gasteiger partial charge on any atom is 0.346 e. The number of hydrogen-bond acceptors (Lipinski definition) is 6. The van der Waals surface area contributed by atoms with E-state index in [1.54, 1.807) is 0 Å². The molecule has 0 unspecified atom stereocenters. The third-order valence-electron chi connectivity index (χ3n) is 5.70. The Kier molecular flexibility index (Phi) is 5.89. The van der Waals surface area contributed by atoms with E-state index in [1.807, 2.05) is 0 Å². The van der Waals surface area contributed by atoms with E-state index in [1.165, 1.54) is 44.5 Å². The number of hydrogen-bond donors (Lipinski definition) is 2. The Bertz CT molecular complexity index is 1630. The highest BCUT2D eigenvalue weighted by Crippen LogP contribution is 2.35. The lowest BCUT2D eigenvalue weighted by atomic mass is 9.77. The van der Waals surface area contributed by atoms with Crippen molar-refractivity contribution in [2.45, 2.75) is 19.3 Å². The maximum atomic E-state index is 14.8. The molecule has 2 heterocycles. The molecule has 4 rings (SSSR count). The molecular weight excluding hydrogens is 482 g/mol. The third kappa shape index (κ3) is 3.93. The lowest BCUT2D eigenvalue weighted by Gasteiger charge is -2.26. The van der Waals surface area contributed by atoms with Crippen molar-refractivity contribution in [2.24, 2.45) is 0 Å². The van der Waals surface area contributed by atoms with Gasteiger partial charge in [-0.2, -0.15) is 0 Å². The smallest absolute Gasteiger partial charge is 0.346 e. The summed E-state index contributed by atoms with van der Waals surface area (Å²) in [7, 11) is 1.37. The number of ketones is 1. The van der Waals surface area contributed by atoms with Crippen molar-refractivity contribution < 1.29 is 28.2 Å². The van der Waals surface area contributed by atoms with Crippen molar-refractivity contribution in [3.05, 3.63) is 90.3 Å². The first kappa shape index (κ1) is 24.0. The van der Waals surface area contributed by atoms with Crippen LogP contribution in [0, 0.1) is 11.6 Å². The first-order valence-corrected chi connectivity index (χ1v) is 11.0. The molecule has 0 fully saturated rings. The molecule has 2 aromatic heterocycles. The summed E-state index contributed by atoms with van der Waals surface area (Å²) >= 11 is 0.742. The Labute approximate surface area is 200 Å². The van der Waals surface area contributed by atoms with Gasteiger partial charge in [-0.1, -0.05) is 0 Å². The van der Waals surface area contributed by atoms with E-state index in [2.05, 4.69) is 4.98 Å². The molecule has 0 aliphatic carbocycles. The zero-order chi connectivity index (χ0) is 25.7. The fraction of sp³-hybridized carbons (Fsp3) is 0.167. The molecule has 0 spiro atoms. The number of methoxy groups -OCH3 is 1. The van der Waals surface area contributed by atoms with E-state index in [0.717, 1.165) is 29.5 Å². The summed E-state index contributed by atoms with van der Waals surface area (Å²) in [6, 6.07) is 6.85. The number of aromatic carboxylic acids is 1. The highest BCUT2D eigenvalue weighted by Gasteiger charge is 2.34. The normalized spacial score (nSPS) is 11.6. The van der Waals surface area contributed by atoms with Crippen LogP contribution in [-0.4, -0.2) is 33.5 Å². The summed E-state index contributed by atoms with van der Waals surface area (Å²) < 4.78 is 34.5. The van der Waals surface area contributed by atoms with Crippen LogP contribution < -0.4 is 16.0 Å². The number of thiophene rings is 1. The summed E-state index contributed by atoms with van der Waals surface area (Å²) in [5.74, 6) is -3.24. The minimum Gasteiger partial charge on any atom is -0.496 e. The predicted molar refractivity (Wildman–Crippen MR) is 125 cm³/mol. The molecule has 0 amide bonds. The average Bonchev–Trinajstić information content (AvgIpc) is 3.24. The number of carboxylic acids is 1. The van der Waals surface area contributed by atoms with E-state index in [4.69, 9.17) is 4.74 Å². The third-order valence-corrected chi connectivity index (χ3v) is 6.67. The van der Waals surface area contributed by atoms with Crippen LogP contribution in [0.3, 0.4) is 0 Å². The molecule has 0 bridgehead atoms. The molecule has 0 radical (unpaired) electrons. The number of H-pyrrole nitrogens is 1. The summed E-state index contributed by atoms with van der Waals surface area (Å²) in [5.41, 5.74) is -3.74. The minimum atomic E-state index is -1.38. The van der Waals surface area contributed by atoms with Gasteiger partial charge in [0.05, 0.1) is 29.1 Å². The molecule has 2 N–H and O–H groups in total. The van der Waals surface area contributed by atoms with Crippen LogP contribution in [0.5, 0.6) is 5.75 Å². The SMILES string of the molecule is COc1ccc(F)cc1C(C)(C)C(=O)c1ccc(F)c(-n2c(=O)[nH]c3csc(C(=O)O)c3c2=O)c1. The number of aromatic nitrogens is 2. The first-order valence-electron chi connectivity index (χ1n) is 10.2. The number of halogens is 2. The number of ether oxygens (including phenoxy) is 1. The van der Waals surface area contributed by atoms with Crippen LogP contribution in [0.2, 0.25) is 0 Å². The molecule has 0 saturated heterocycles. The second kappa shape index (κ2) is 8.58. The summed E-state index contributed by atoms with van der Waals surface area (Å²) in [6.07, 6.45) is 0. The molecule has 180 valence electrons. The van der Waals surface area contributed by atoms with Gasteiger partial charge < -0.3 is 14.8 Å². The number of rotatable bonds is 6. The second-order valence-corrected chi connectivity index (χ2v) is 9.07. The number of nitrogens with one attached hydrogen (secondary N) is 1. The average molecular weight is 500 g/mol. The van der Waals surface area contributed by atoms with Gasteiger partial charge in [0.25, 0.3) is 5.56 Å². The quantitative estimate of drug-likeness (QED) is 0.388. The van der Waals surface area contributed by atoms with Crippen molar-refractivity contribution >= 4 is 34.0 Å². The lowest BCUT2D eigenvalue weighted by molar-refractivity contribution is 0.0703. The molecule has 2 aromatic carbocycles. The Balaban J connectivity index is 1.90. The van der Waals surface area contributed by atoms with Crippen LogP contribution in [0.15, 0.2) is 51.4 Å². The Morgan fingerprint density at radius 3 is 2.49 bits per heavy atom. The Hall–Kier alpha value is -4.12. The van der Waals surface area contributed by atoms with Crippen molar-refractivity contribution in [1.82, 2.24) is 9.55 Å². The van der Waals surface area contributed by atoms with Crippen LogP contribution in [-0.2, 0) is 5.41 Å². The minimum absolute atomic E-state index is 0.00521. The number of nitrogens with zero attached hydrogens (tertiary/aromatic N) is 1. The van der Waals surface area contributed by atoms with Crippen LogP contribution in [0.4, 0.5) is 8.78 Å². The van der Waals surface area contributed by atoms with Gasteiger partial charge in [0.15, 0.2) is 5.78 Å². The van der Waals surface area contributed by atoms with Crippen molar-refractivity contribution in [3.8, 4) is 11.4 Å². The molecule has 0 aliphatic rings. The molecule has 0 aliphatic heterocycles. The van der Waals surface area contributed by atoms with Crippen LogP contribution in [0.1, 0.15) is 39.4 Å². The molecule has 11 heteroatoms. The number of benzene rings is 2. The summed E-state index contributed by atoms with van der Waals surface area (Å²) in [4.78, 5) is 52.8. The van der Waals surface area contributed by atoms with E-state index in [-0.39, 0.29) is 32.7 Å². The fourth-order valence-electron chi connectivity index (χ4n) is 3.89. The van der Waals surface area contributed by atoms with Gasteiger partial charge in [-0.15, -0.1) is 11.3 Å². The van der Waals surface area contributed by atoms with Crippen molar-refractivity contribution in [2.75, 3.05) is 7.11 Å². The van der Waals surface area contributed by atoms with Crippen LogP contribution in [0.25, 0.3) is 16.6 Å². The van der Waals surface area contributed by atoms with Gasteiger partial charge in [-0.05, 0) is 50.2 Å². The summed E-state index contributed by atoms with van der Waals surface area (Å²) in [5, 5.41) is 10.4. The number of Topliss-reactive ketones (excluding diaryl/α,β-unsaturated/α-hetero) is 1. The zero-order valence-electron chi connectivity index (χ0n) is 18.6. The molecular formula is C24H18F2N2O6S. The molecule has 4 aromatic rings. The van der Waals surface area contributed by atoms with E-state index in [0.29, 0.717) is 4.57 Å². The predicted octanol–water partition coefficient (Wildman–Crippen LogP) is 3.89. The number of carbonyl (C=O) groups is 2. The second-order valence-electron chi connectivity index (χ2n) is 8.19. The zero-order valence-corrected chi connectivity index (χ0v) is 19.5. The van der Waals surface area contributed by atoms with Gasteiger partial charge in [-0.3, -0.25) is 9.59 Å². The molecule has 0 saturated carbocycles. The van der Waals surface area contributed by atoms with Gasteiger partial charge in [0, 0.05) is 16.5 Å². The lowest BCUT2D eigenvalue weighted by Crippen LogP contribution is -2.35. The van der Waals surface area contributed by atoms with Gasteiger partial charge in [0.2, 0.25) is 0 Å². The van der Waals surface area contributed by atoms with E-state index < -0.39 is 45.7 Å². The highest BCUT2D eigenvalue weighted by atomic mass is 32.1. The fourth-order valence-corrected chi connectivity index (χ4v) is 4.72. The molecule has 0 atom stereocenters. The topological polar surface area (TPSA) is 118 Å². The van der Waals surface area contributed by atoms with E-state index >= 15 is 0 Å². The van der Waals surface area contributed by atoms with Crippen molar-refractivity contribution in [1.29, 1.82) is 0 Å². The van der Waals surface area contributed by atoms with Crippen molar-refractivity contribution in [3.63, 3.8) is 0 Å². The van der Waals surface area contributed by atoms with E-state index in [9.17, 15) is 33.1 Å². The largest absolute Gasteiger partial charge is 0.496 e. The molecule has 35 heavy (non-hydrogen) atoms. The Morgan fingerprint density at radius 1 is 1.11 bits per heavy atom. The monoisotopic (exact) mass is 500 g/mol. The van der Waals surface area contributed by atoms with Crippen LogP contribution >= 0.6 is 11.3 Å². The highest BCUT2D eigenvalue weighted by molar-refractivity contribution is 7.13. The number of aromatic amines is 1. The van der Waals surface area contributed by atoms with Gasteiger partial charge in [0.1, 0.15) is 22.3 Å².